The highest BCUT2D eigenvalue weighted by molar-refractivity contribution is 7.89. The van der Waals surface area contributed by atoms with Gasteiger partial charge < -0.3 is 5.73 Å². The van der Waals surface area contributed by atoms with Crippen LogP contribution in [0.4, 0.5) is 4.39 Å². The summed E-state index contributed by atoms with van der Waals surface area (Å²) in [6.07, 6.45) is 2.42. The summed E-state index contributed by atoms with van der Waals surface area (Å²) >= 11 is 5.64. The number of sulfonamides is 1. The summed E-state index contributed by atoms with van der Waals surface area (Å²) in [7, 11) is -3.85. The zero-order chi connectivity index (χ0) is 14.0. The third-order valence-electron chi connectivity index (χ3n) is 3.33. The number of nitrogens with two attached hydrogens (primary N) is 1. The van der Waals surface area contributed by atoms with Crippen LogP contribution in [0.2, 0.25) is 5.02 Å². The predicted octanol–water partition coefficient (Wildman–Crippen LogP) is 2.40. The molecule has 2 rings (SSSR count). The largest absolute Gasteiger partial charge is 0.329 e. The number of benzene rings is 1. The SMILES string of the molecule is Cl.NCC1CCCCN1S(=O)(=O)c1ccc(Cl)cc1F. The Bertz CT molecular complexity index is 569. The van der Waals surface area contributed by atoms with Crippen LogP contribution in [0.15, 0.2) is 23.1 Å². The molecule has 1 aliphatic heterocycles. The van der Waals surface area contributed by atoms with Gasteiger partial charge in [0.05, 0.1) is 0 Å². The van der Waals surface area contributed by atoms with Gasteiger partial charge in [-0.15, -0.1) is 12.4 Å². The number of halogens is 3. The fourth-order valence-electron chi connectivity index (χ4n) is 2.34. The van der Waals surface area contributed by atoms with E-state index in [9.17, 15) is 12.8 Å². The van der Waals surface area contributed by atoms with Gasteiger partial charge in [-0.25, -0.2) is 12.8 Å². The number of hydrogen-bond acceptors (Lipinski definition) is 3. The van der Waals surface area contributed by atoms with Crippen LogP contribution in [0.3, 0.4) is 0 Å². The molecule has 0 saturated carbocycles. The van der Waals surface area contributed by atoms with E-state index < -0.39 is 15.8 Å². The summed E-state index contributed by atoms with van der Waals surface area (Å²) < 4.78 is 40.1. The molecule has 1 saturated heterocycles. The fraction of sp³-hybridized carbons (Fsp3) is 0.500. The van der Waals surface area contributed by atoms with Gasteiger partial charge in [0.25, 0.3) is 0 Å². The van der Waals surface area contributed by atoms with Gasteiger partial charge in [0.2, 0.25) is 10.0 Å². The average Bonchev–Trinajstić information content (AvgIpc) is 2.38. The predicted molar refractivity (Wildman–Crippen MR) is 79.2 cm³/mol. The van der Waals surface area contributed by atoms with Gasteiger partial charge in [-0.05, 0) is 31.0 Å². The maximum absolute atomic E-state index is 13.8. The van der Waals surface area contributed by atoms with Crippen LogP contribution in [0.25, 0.3) is 0 Å². The molecular weight excluding hydrogens is 326 g/mol. The number of piperidine rings is 1. The monoisotopic (exact) mass is 342 g/mol. The molecule has 1 heterocycles. The van der Waals surface area contributed by atoms with Crippen LogP contribution in [-0.2, 0) is 10.0 Å². The molecule has 4 nitrogen and oxygen atoms in total. The third kappa shape index (κ3) is 3.43. The van der Waals surface area contributed by atoms with Crippen molar-refractivity contribution in [2.24, 2.45) is 5.73 Å². The van der Waals surface area contributed by atoms with Gasteiger partial charge in [0.15, 0.2) is 0 Å². The molecule has 1 aliphatic rings. The van der Waals surface area contributed by atoms with E-state index in [4.69, 9.17) is 17.3 Å². The Balaban J connectivity index is 0.00000200. The highest BCUT2D eigenvalue weighted by atomic mass is 35.5. The Kier molecular flexibility index (Phi) is 6.22. The van der Waals surface area contributed by atoms with Crippen LogP contribution in [-0.4, -0.2) is 31.9 Å². The molecule has 1 atom stereocenters. The number of hydrogen-bond donors (Lipinski definition) is 1. The molecule has 0 amide bonds. The lowest BCUT2D eigenvalue weighted by Crippen LogP contribution is -2.47. The van der Waals surface area contributed by atoms with Gasteiger partial charge >= 0.3 is 0 Å². The maximum Gasteiger partial charge on any atom is 0.246 e. The van der Waals surface area contributed by atoms with Crippen molar-refractivity contribution in [1.82, 2.24) is 4.31 Å². The lowest BCUT2D eigenvalue weighted by Gasteiger charge is -2.33. The van der Waals surface area contributed by atoms with E-state index in [-0.39, 0.29) is 34.9 Å². The molecule has 1 unspecified atom stereocenters. The topological polar surface area (TPSA) is 63.4 Å². The average molecular weight is 343 g/mol. The highest BCUT2D eigenvalue weighted by Crippen LogP contribution is 2.27. The van der Waals surface area contributed by atoms with E-state index in [1.807, 2.05) is 0 Å². The van der Waals surface area contributed by atoms with Crippen molar-refractivity contribution in [2.75, 3.05) is 13.1 Å². The molecule has 0 radical (unpaired) electrons. The quantitative estimate of drug-likeness (QED) is 0.917. The van der Waals surface area contributed by atoms with Crippen molar-refractivity contribution in [3.63, 3.8) is 0 Å². The van der Waals surface area contributed by atoms with Gasteiger partial charge in [-0.1, -0.05) is 18.0 Å². The Morgan fingerprint density at radius 3 is 2.70 bits per heavy atom. The Hall–Kier alpha value is -0.400. The van der Waals surface area contributed by atoms with Crippen LogP contribution in [0.5, 0.6) is 0 Å². The van der Waals surface area contributed by atoms with Crippen molar-refractivity contribution in [2.45, 2.75) is 30.2 Å². The minimum absolute atomic E-state index is 0. The number of nitrogens with zero attached hydrogens (tertiary/aromatic N) is 1. The van der Waals surface area contributed by atoms with Gasteiger partial charge in [0.1, 0.15) is 10.7 Å². The summed E-state index contributed by atoms with van der Waals surface area (Å²) in [4.78, 5) is -0.336. The minimum Gasteiger partial charge on any atom is -0.329 e. The van der Waals surface area contributed by atoms with E-state index in [0.717, 1.165) is 18.9 Å². The first-order chi connectivity index (χ1) is 8.96. The molecular formula is C12H17Cl2FN2O2S. The molecule has 1 aromatic rings. The first kappa shape index (κ1) is 17.7. The molecule has 20 heavy (non-hydrogen) atoms. The van der Waals surface area contributed by atoms with Gasteiger partial charge in [0, 0.05) is 24.2 Å². The minimum atomic E-state index is -3.85. The van der Waals surface area contributed by atoms with Crippen LogP contribution in [0, 0.1) is 5.82 Å². The zero-order valence-electron chi connectivity index (χ0n) is 10.8. The van der Waals surface area contributed by atoms with E-state index in [1.165, 1.54) is 16.4 Å². The lowest BCUT2D eigenvalue weighted by atomic mass is 10.1. The normalized spacial score (nSPS) is 20.4. The standard InChI is InChI=1S/C12H16ClFN2O2S.ClH/c13-9-4-5-12(11(14)7-9)19(17,18)16-6-2-1-3-10(16)8-15;/h4-5,7,10H,1-3,6,8,15H2;1H. The summed E-state index contributed by atoms with van der Waals surface area (Å²) in [5.41, 5.74) is 5.61. The Morgan fingerprint density at radius 1 is 1.40 bits per heavy atom. The van der Waals surface area contributed by atoms with E-state index >= 15 is 0 Å². The fourth-order valence-corrected chi connectivity index (χ4v) is 4.25. The summed E-state index contributed by atoms with van der Waals surface area (Å²) in [6.45, 7) is 0.626. The molecule has 114 valence electrons. The molecule has 0 bridgehead atoms. The van der Waals surface area contributed by atoms with Gasteiger partial charge in [-0.2, -0.15) is 4.31 Å². The van der Waals surface area contributed by atoms with Crippen molar-refractivity contribution in [1.29, 1.82) is 0 Å². The maximum atomic E-state index is 13.8. The van der Waals surface area contributed by atoms with Crippen LogP contribution < -0.4 is 5.73 Å². The summed E-state index contributed by atoms with van der Waals surface area (Å²) in [5, 5.41) is 0.172. The van der Waals surface area contributed by atoms with Crippen LogP contribution >= 0.6 is 24.0 Å². The first-order valence-electron chi connectivity index (χ1n) is 6.14. The van der Waals surface area contributed by atoms with E-state index in [2.05, 4.69) is 0 Å². The molecule has 0 spiro atoms. The molecule has 0 aliphatic carbocycles. The van der Waals surface area contributed by atoms with Crippen molar-refractivity contribution in [3.05, 3.63) is 29.0 Å². The Morgan fingerprint density at radius 2 is 2.10 bits per heavy atom. The molecule has 1 aromatic carbocycles. The zero-order valence-corrected chi connectivity index (χ0v) is 13.1. The molecule has 2 N–H and O–H groups in total. The first-order valence-corrected chi connectivity index (χ1v) is 7.95. The third-order valence-corrected chi connectivity index (χ3v) is 5.55. The van der Waals surface area contributed by atoms with Crippen molar-refractivity contribution in [3.8, 4) is 0 Å². The smallest absolute Gasteiger partial charge is 0.246 e. The van der Waals surface area contributed by atoms with Crippen LogP contribution in [0.1, 0.15) is 19.3 Å². The second kappa shape index (κ2) is 7.04. The highest BCUT2D eigenvalue weighted by Gasteiger charge is 2.34. The molecule has 0 aromatic heterocycles. The second-order valence-corrected chi connectivity index (χ2v) is 6.87. The molecule has 1 fully saturated rings. The molecule has 8 heteroatoms. The van der Waals surface area contributed by atoms with Gasteiger partial charge in [-0.3, -0.25) is 0 Å². The summed E-state index contributed by atoms with van der Waals surface area (Å²) in [6, 6.07) is 3.33. The Labute approximate surface area is 129 Å². The second-order valence-electron chi connectivity index (χ2n) is 4.58. The summed E-state index contributed by atoms with van der Waals surface area (Å²) in [5.74, 6) is -0.825. The van der Waals surface area contributed by atoms with Crippen molar-refractivity contribution < 1.29 is 12.8 Å². The lowest BCUT2D eigenvalue weighted by molar-refractivity contribution is 0.257. The number of rotatable bonds is 3. The van der Waals surface area contributed by atoms with E-state index in [0.29, 0.717) is 13.0 Å². The van der Waals surface area contributed by atoms with Crippen molar-refractivity contribution >= 4 is 34.0 Å². The van der Waals surface area contributed by atoms with E-state index in [1.54, 1.807) is 0 Å².